The predicted octanol–water partition coefficient (Wildman–Crippen LogP) is 4.06. The van der Waals surface area contributed by atoms with Crippen LogP contribution >= 0.6 is 0 Å². The highest BCUT2D eigenvalue weighted by molar-refractivity contribution is 5.77. The second-order valence-electron chi connectivity index (χ2n) is 7.89. The zero-order chi connectivity index (χ0) is 18.5. The van der Waals surface area contributed by atoms with Crippen molar-refractivity contribution >= 4 is 16.9 Å². The lowest BCUT2D eigenvalue weighted by molar-refractivity contribution is -0.124. The summed E-state index contributed by atoms with van der Waals surface area (Å²) in [5.41, 5.74) is 2.12. The Morgan fingerprint density at radius 1 is 1.11 bits per heavy atom. The maximum absolute atomic E-state index is 12.7. The first-order valence-electron chi connectivity index (χ1n) is 10.0. The number of H-pyrrole nitrogens is 1. The monoisotopic (exact) mass is 364 g/mol. The van der Waals surface area contributed by atoms with Crippen LogP contribution in [-0.2, 0) is 17.8 Å². The van der Waals surface area contributed by atoms with Crippen LogP contribution in [0.2, 0.25) is 0 Å². The molecular formula is C22H28N4O. The van der Waals surface area contributed by atoms with E-state index in [2.05, 4.69) is 44.4 Å². The Hall–Kier alpha value is -2.56. The first-order valence-corrected chi connectivity index (χ1v) is 10.0. The fourth-order valence-corrected chi connectivity index (χ4v) is 4.40. The third-order valence-electron chi connectivity index (χ3n) is 5.76. The summed E-state index contributed by atoms with van der Waals surface area (Å²) in [5.74, 6) is 1.09. The molecule has 1 aromatic carbocycles. The van der Waals surface area contributed by atoms with Gasteiger partial charge in [-0.15, -0.1) is 0 Å². The average Bonchev–Trinajstić information content (AvgIpc) is 3.31. The number of fused-ring (bicyclic) bond motifs is 1. The number of aromatic nitrogens is 3. The predicted molar refractivity (Wildman–Crippen MR) is 107 cm³/mol. The lowest BCUT2D eigenvalue weighted by Crippen LogP contribution is -2.37. The zero-order valence-corrected chi connectivity index (χ0v) is 15.8. The van der Waals surface area contributed by atoms with Gasteiger partial charge in [0, 0.05) is 38.3 Å². The summed E-state index contributed by atoms with van der Waals surface area (Å²) in [7, 11) is 0. The molecule has 2 N–H and O–H groups in total. The van der Waals surface area contributed by atoms with E-state index < -0.39 is 0 Å². The summed E-state index contributed by atoms with van der Waals surface area (Å²) in [4.78, 5) is 20.6. The van der Waals surface area contributed by atoms with E-state index in [1.807, 2.05) is 24.3 Å². The fraction of sp³-hybridized carbons (Fsp3) is 0.455. The van der Waals surface area contributed by atoms with E-state index in [0.717, 1.165) is 42.7 Å². The van der Waals surface area contributed by atoms with Gasteiger partial charge in [0.05, 0.1) is 11.0 Å². The van der Waals surface area contributed by atoms with Crippen molar-refractivity contribution in [2.24, 2.45) is 5.41 Å². The zero-order valence-electron chi connectivity index (χ0n) is 15.8. The number of nitrogens with one attached hydrogen (secondary N) is 2. The molecule has 4 rings (SSSR count). The minimum Gasteiger partial charge on any atom is -0.356 e. The molecule has 0 atom stereocenters. The Morgan fingerprint density at radius 2 is 1.89 bits per heavy atom. The number of benzene rings is 1. The van der Waals surface area contributed by atoms with E-state index in [-0.39, 0.29) is 11.3 Å². The van der Waals surface area contributed by atoms with Gasteiger partial charge >= 0.3 is 0 Å². The molecule has 1 fully saturated rings. The third kappa shape index (κ3) is 4.41. The highest BCUT2D eigenvalue weighted by Crippen LogP contribution is 2.40. The molecule has 5 heteroatoms. The van der Waals surface area contributed by atoms with Crippen molar-refractivity contribution in [1.82, 2.24) is 19.9 Å². The summed E-state index contributed by atoms with van der Waals surface area (Å²) in [6.45, 7) is 1.56. The number of imidazole rings is 1. The van der Waals surface area contributed by atoms with E-state index in [1.54, 1.807) is 0 Å². The van der Waals surface area contributed by atoms with Crippen molar-refractivity contribution in [1.29, 1.82) is 0 Å². The van der Waals surface area contributed by atoms with Crippen LogP contribution in [0.1, 0.15) is 44.3 Å². The molecule has 27 heavy (non-hydrogen) atoms. The van der Waals surface area contributed by atoms with Gasteiger partial charge in [-0.05, 0) is 42.5 Å². The van der Waals surface area contributed by atoms with E-state index in [4.69, 9.17) is 0 Å². The van der Waals surface area contributed by atoms with Gasteiger partial charge in [0.25, 0.3) is 0 Å². The van der Waals surface area contributed by atoms with E-state index >= 15 is 0 Å². The molecular weight excluding hydrogens is 336 g/mol. The van der Waals surface area contributed by atoms with Gasteiger partial charge in [0.1, 0.15) is 5.82 Å². The second kappa shape index (κ2) is 7.99. The maximum Gasteiger partial charge on any atom is 0.220 e. The normalized spacial score (nSPS) is 16.4. The largest absolute Gasteiger partial charge is 0.356 e. The first kappa shape index (κ1) is 17.8. The number of carbonyl (C=O) groups excluding carboxylic acids is 1. The molecule has 0 aliphatic heterocycles. The Kier molecular flexibility index (Phi) is 5.28. The van der Waals surface area contributed by atoms with Gasteiger partial charge in [0.15, 0.2) is 0 Å². The van der Waals surface area contributed by atoms with Crippen LogP contribution in [0, 0.1) is 5.41 Å². The van der Waals surface area contributed by atoms with Gasteiger partial charge in [0.2, 0.25) is 5.91 Å². The van der Waals surface area contributed by atoms with Crippen LogP contribution in [0.3, 0.4) is 0 Å². The van der Waals surface area contributed by atoms with Crippen molar-refractivity contribution in [2.45, 2.75) is 51.5 Å². The number of amides is 1. The molecule has 3 aromatic rings. The number of aromatic amines is 1. The van der Waals surface area contributed by atoms with Crippen molar-refractivity contribution in [2.75, 3.05) is 6.54 Å². The maximum atomic E-state index is 12.7. The van der Waals surface area contributed by atoms with Crippen LogP contribution in [0.5, 0.6) is 0 Å². The van der Waals surface area contributed by atoms with E-state index in [1.165, 1.54) is 19.3 Å². The molecule has 1 aliphatic carbocycles. The minimum atomic E-state index is 0.0979. The Balaban J connectivity index is 1.32. The minimum absolute atomic E-state index is 0.0979. The molecule has 0 saturated heterocycles. The summed E-state index contributed by atoms with van der Waals surface area (Å²) >= 11 is 0. The van der Waals surface area contributed by atoms with Crippen molar-refractivity contribution in [3.8, 4) is 0 Å². The molecule has 142 valence electrons. The summed E-state index contributed by atoms with van der Waals surface area (Å²) in [6, 6.07) is 12.1. The number of carbonyl (C=O) groups is 1. The van der Waals surface area contributed by atoms with E-state index in [0.29, 0.717) is 13.0 Å². The molecule has 1 saturated carbocycles. The molecule has 2 heterocycles. The highest BCUT2D eigenvalue weighted by atomic mass is 16.1. The first-order chi connectivity index (χ1) is 13.2. The number of rotatable bonds is 7. The van der Waals surface area contributed by atoms with Crippen molar-refractivity contribution < 1.29 is 4.79 Å². The number of para-hydroxylation sites is 2. The number of hydrogen-bond acceptors (Lipinski definition) is 2. The summed E-state index contributed by atoms with van der Waals surface area (Å²) < 4.78 is 2.23. The lowest BCUT2D eigenvalue weighted by Gasteiger charge is -2.37. The second-order valence-corrected chi connectivity index (χ2v) is 7.89. The van der Waals surface area contributed by atoms with Gasteiger partial charge in [-0.3, -0.25) is 4.79 Å². The Bertz CT molecular complexity index is 842. The van der Waals surface area contributed by atoms with Gasteiger partial charge in [-0.25, -0.2) is 4.98 Å². The topological polar surface area (TPSA) is 62.7 Å². The molecule has 1 aliphatic rings. The van der Waals surface area contributed by atoms with Crippen LogP contribution in [-0.4, -0.2) is 27.0 Å². The standard InChI is InChI=1S/C22H28N4O/c27-21(23-13-10-20-24-18-8-2-3-9-19(18)25-20)16-22(11-4-1-5-12-22)17-26-14-6-7-15-26/h2-3,6-9,14-15H,1,4-5,10-13,16-17H2,(H,23,27)(H,24,25). The fourth-order valence-electron chi connectivity index (χ4n) is 4.40. The Labute approximate surface area is 160 Å². The summed E-state index contributed by atoms with van der Waals surface area (Å²) in [5, 5.41) is 3.12. The van der Waals surface area contributed by atoms with Crippen molar-refractivity contribution in [3.63, 3.8) is 0 Å². The van der Waals surface area contributed by atoms with Crippen molar-refractivity contribution in [3.05, 3.63) is 54.6 Å². The van der Waals surface area contributed by atoms with Crippen LogP contribution < -0.4 is 5.32 Å². The molecule has 0 spiro atoms. The molecule has 0 radical (unpaired) electrons. The van der Waals surface area contributed by atoms with Crippen LogP contribution in [0.4, 0.5) is 0 Å². The molecule has 1 amide bonds. The lowest BCUT2D eigenvalue weighted by atomic mass is 9.71. The quantitative estimate of drug-likeness (QED) is 0.664. The van der Waals surface area contributed by atoms with Gasteiger partial charge < -0.3 is 14.9 Å². The third-order valence-corrected chi connectivity index (χ3v) is 5.76. The van der Waals surface area contributed by atoms with Gasteiger partial charge in [-0.1, -0.05) is 31.4 Å². The molecule has 0 bridgehead atoms. The highest BCUT2D eigenvalue weighted by Gasteiger charge is 2.34. The van der Waals surface area contributed by atoms with Crippen LogP contribution in [0.25, 0.3) is 11.0 Å². The SMILES string of the molecule is O=C(CC1(Cn2cccc2)CCCCC1)NCCc1nc2ccccc2[nH]1. The molecule has 5 nitrogen and oxygen atoms in total. The molecule has 2 aromatic heterocycles. The number of nitrogens with zero attached hydrogens (tertiary/aromatic N) is 2. The van der Waals surface area contributed by atoms with Gasteiger partial charge in [-0.2, -0.15) is 0 Å². The molecule has 0 unspecified atom stereocenters. The van der Waals surface area contributed by atoms with E-state index in [9.17, 15) is 4.79 Å². The van der Waals surface area contributed by atoms with Crippen LogP contribution in [0.15, 0.2) is 48.8 Å². The average molecular weight is 364 g/mol. The summed E-state index contributed by atoms with van der Waals surface area (Å²) in [6.07, 6.45) is 11.6. The Morgan fingerprint density at radius 3 is 2.67 bits per heavy atom. The smallest absolute Gasteiger partial charge is 0.220 e. The number of hydrogen-bond donors (Lipinski definition) is 2.